The molecule has 1 fully saturated rings. The van der Waals surface area contributed by atoms with Gasteiger partial charge in [-0.05, 0) is 67.8 Å². The van der Waals surface area contributed by atoms with Crippen LogP contribution >= 0.6 is 0 Å². The van der Waals surface area contributed by atoms with E-state index in [0.29, 0.717) is 31.8 Å². The summed E-state index contributed by atoms with van der Waals surface area (Å²) in [6.45, 7) is 3.10. The Morgan fingerprint density at radius 2 is 1.95 bits per heavy atom. The summed E-state index contributed by atoms with van der Waals surface area (Å²) < 4.78 is 51.9. The number of hydrogen-bond donors (Lipinski definition) is 0. The Kier molecular flexibility index (Phi) is 6.07. The Morgan fingerprint density at radius 3 is 2.71 bits per heavy atom. The van der Waals surface area contributed by atoms with Crippen LogP contribution in [0.1, 0.15) is 24.6 Å². The first-order chi connectivity index (χ1) is 18.4. The Hall–Kier alpha value is -3.90. The maximum atomic E-state index is 13.7. The molecule has 1 aliphatic heterocycles. The molecule has 1 unspecified atom stereocenters. The SMILES string of the molecule is CCn1nccc1S(=O)(=O)N1CCC2=Cc3c(cnn3-c3ccc(F)cc3)CC2(COc2cccnn2)C1. The van der Waals surface area contributed by atoms with E-state index in [1.165, 1.54) is 27.3 Å². The fourth-order valence-corrected chi connectivity index (χ4v) is 6.99. The monoisotopic (exact) mass is 535 g/mol. The molecule has 6 rings (SSSR count). The molecule has 1 aromatic carbocycles. The van der Waals surface area contributed by atoms with Crippen LogP contribution in [0.25, 0.3) is 11.8 Å². The Morgan fingerprint density at radius 1 is 1.11 bits per heavy atom. The number of piperidine rings is 1. The number of aromatic nitrogens is 6. The summed E-state index contributed by atoms with van der Waals surface area (Å²) in [6, 6.07) is 11.2. The lowest BCUT2D eigenvalue weighted by molar-refractivity contribution is 0.121. The molecule has 0 amide bonds. The first-order valence-corrected chi connectivity index (χ1v) is 13.8. The first kappa shape index (κ1) is 24.4. The van der Waals surface area contributed by atoms with Crippen LogP contribution in [0.15, 0.2) is 71.7 Å². The van der Waals surface area contributed by atoms with Crippen LogP contribution in [0, 0.1) is 11.2 Å². The van der Waals surface area contributed by atoms with Gasteiger partial charge in [0.1, 0.15) is 12.4 Å². The van der Waals surface area contributed by atoms with Crippen molar-refractivity contribution in [2.45, 2.75) is 31.3 Å². The molecule has 0 bridgehead atoms. The van der Waals surface area contributed by atoms with Gasteiger partial charge in [0.05, 0.1) is 23.8 Å². The number of nitrogens with zero attached hydrogens (tertiary/aromatic N) is 7. The zero-order valence-corrected chi connectivity index (χ0v) is 21.6. The number of ether oxygens (including phenoxy) is 1. The van der Waals surface area contributed by atoms with Crippen LogP contribution in [0.2, 0.25) is 0 Å². The van der Waals surface area contributed by atoms with Gasteiger partial charge in [-0.1, -0.05) is 5.57 Å². The molecule has 0 spiro atoms. The number of benzene rings is 1. The molecule has 1 aliphatic carbocycles. The van der Waals surface area contributed by atoms with Crippen molar-refractivity contribution in [3.05, 3.63) is 83.7 Å². The second kappa shape index (κ2) is 9.44. The zero-order valence-electron chi connectivity index (χ0n) is 20.7. The Labute approximate surface area is 219 Å². The van der Waals surface area contributed by atoms with Crippen LogP contribution in [-0.4, -0.2) is 62.2 Å². The minimum atomic E-state index is -3.79. The topological polar surface area (TPSA) is 108 Å². The number of aryl methyl sites for hydroxylation is 1. The number of rotatable bonds is 7. The lowest BCUT2D eigenvalue weighted by Gasteiger charge is -2.45. The summed E-state index contributed by atoms with van der Waals surface area (Å²) in [5.41, 5.74) is 3.05. The van der Waals surface area contributed by atoms with E-state index < -0.39 is 15.4 Å². The largest absolute Gasteiger partial charge is 0.476 e. The second-order valence-corrected chi connectivity index (χ2v) is 11.4. The van der Waals surface area contributed by atoms with Crippen molar-refractivity contribution < 1.29 is 17.5 Å². The molecular weight excluding hydrogens is 509 g/mol. The van der Waals surface area contributed by atoms with Crippen molar-refractivity contribution in [2.75, 3.05) is 19.7 Å². The maximum Gasteiger partial charge on any atom is 0.260 e. The van der Waals surface area contributed by atoms with E-state index in [-0.39, 0.29) is 24.0 Å². The molecule has 38 heavy (non-hydrogen) atoms. The van der Waals surface area contributed by atoms with Gasteiger partial charge >= 0.3 is 0 Å². The van der Waals surface area contributed by atoms with E-state index in [0.717, 1.165) is 22.5 Å². The van der Waals surface area contributed by atoms with Crippen molar-refractivity contribution >= 4 is 16.1 Å². The van der Waals surface area contributed by atoms with Crippen molar-refractivity contribution in [3.63, 3.8) is 0 Å². The predicted octanol–water partition coefficient (Wildman–Crippen LogP) is 3.12. The Bertz CT molecular complexity index is 1600. The molecular formula is C26H26FN7O3S. The highest BCUT2D eigenvalue weighted by Gasteiger charge is 2.47. The summed E-state index contributed by atoms with van der Waals surface area (Å²) in [5.74, 6) is 0.0596. The van der Waals surface area contributed by atoms with Crippen molar-refractivity contribution in [1.82, 2.24) is 34.1 Å². The van der Waals surface area contributed by atoms with Crippen molar-refractivity contribution in [1.29, 1.82) is 0 Å². The van der Waals surface area contributed by atoms with Crippen LogP contribution in [0.5, 0.6) is 5.88 Å². The van der Waals surface area contributed by atoms with Gasteiger partial charge in [-0.3, -0.25) is 4.68 Å². The van der Waals surface area contributed by atoms with Gasteiger partial charge in [-0.15, -0.1) is 5.10 Å². The molecule has 12 heteroatoms. The highest BCUT2D eigenvalue weighted by molar-refractivity contribution is 7.89. The first-order valence-electron chi connectivity index (χ1n) is 12.4. The number of fused-ring (bicyclic) bond motifs is 2. The predicted molar refractivity (Wildman–Crippen MR) is 136 cm³/mol. The van der Waals surface area contributed by atoms with Gasteiger partial charge in [0, 0.05) is 37.3 Å². The van der Waals surface area contributed by atoms with Gasteiger partial charge < -0.3 is 4.74 Å². The molecule has 4 heterocycles. The van der Waals surface area contributed by atoms with Crippen molar-refractivity contribution in [3.8, 4) is 11.6 Å². The van der Waals surface area contributed by atoms with Crippen LogP contribution in [0.4, 0.5) is 4.39 Å². The molecule has 1 saturated heterocycles. The van der Waals surface area contributed by atoms with E-state index in [2.05, 4.69) is 26.5 Å². The summed E-state index contributed by atoms with van der Waals surface area (Å²) in [7, 11) is -3.79. The normalized spacial score (nSPS) is 19.5. The highest BCUT2D eigenvalue weighted by Crippen LogP contribution is 2.45. The highest BCUT2D eigenvalue weighted by atomic mass is 32.2. The van der Waals surface area contributed by atoms with Gasteiger partial charge in [0.15, 0.2) is 5.03 Å². The molecule has 196 valence electrons. The zero-order chi connectivity index (χ0) is 26.3. The molecule has 0 N–H and O–H groups in total. The van der Waals surface area contributed by atoms with Gasteiger partial charge in [-0.25, -0.2) is 17.5 Å². The van der Waals surface area contributed by atoms with E-state index >= 15 is 0 Å². The fourth-order valence-electron chi connectivity index (χ4n) is 5.30. The molecule has 0 saturated carbocycles. The average Bonchev–Trinajstić information content (AvgIpc) is 3.59. The van der Waals surface area contributed by atoms with E-state index in [9.17, 15) is 12.8 Å². The van der Waals surface area contributed by atoms with Crippen LogP contribution < -0.4 is 4.74 Å². The fraction of sp³-hybridized carbons (Fsp3) is 0.308. The van der Waals surface area contributed by atoms with Crippen LogP contribution in [-0.2, 0) is 23.0 Å². The van der Waals surface area contributed by atoms with Crippen molar-refractivity contribution in [2.24, 2.45) is 5.41 Å². The molecule has 4 aromatic rings. The second-order valence-electron chi connectivity index (χ2n) is 9.49. The molecule has 1 atom stereocenters. The number of hydrogen-bond acceptors (Lipinski definition) is 7. The summed E-state index contributed by atoms with van der Waals surface area (Å²) in [5, 5.41) is 16.9. The number of halogens is 1. The third-order valence-corrected chi connectivity index (χ3v) is 9.08. The third-order valence-electron chi connectivity index (χ3n) is 7.21. The molecule has 10 nitrogen and oxygen atoms in total. The molecule has 2 aliphatic rings. The maximum absolute atomic E-state index is 13.7. The Balaban J connectivity index is 1.38. The standard InChI is InChI=1S/C26H26FN7O3S/c1-2-33-25(9-12-29-33)38(35,36)32-13-10-20-14-23-19(16-30-34(23)22-7-5-21(27)6-8-22)15-26(20,17-32)18-37-24-4-3-11-28-31-24/h3-9,11-12,14,16H,2,10,13,15,17-18H2,1H3. The summed E-state index contributed by atoms with van der Waals surface area (Å²) in [6.07, 6.45) is 7.99. The smallest absolute Gasteiger partial charge is 0.260 e. The minimum Gasteiger partial charge on any atom is -0.476 e. The number of sulfonamides is 1. The summed E-state index contributed by atoms with van der Waals surface area (Å²) in [4.78, 5) is 0. The third kappa shape index (κ3) is 4.19. The molecule has 3 aromatic heterocycles. The summed E-state index contributed by atoms with van der Waals surface area (Å²) >= 11 is 0. The van der Waals surface area contributed by atoms with Gasteiger partial charge in [0.2, 0.25) is 5.88 Å². The average molecular weight is 536 g/mol. The van der Waals surface area contributed by atoms with Gasteiger partial charge in [0.25, 0.3) is 10.0 Å². The quantitative estimate of drug-likeness (QED) is 0.358. The van der Waals surface area contributed by atoms with E-state index in [4.69, 9.17) is 4.74 Å². The molecule has 0 radical (unpaired) electrons. The van der Waals surface area contributed by atoms with E-state index in [1.54, 1.807) is 47.4 Å². The van der Waals surface area contributed by atoms with Gasteiger partial charge in [-0.2, -0.15) is 19.6 Å². The lowest BCUT2D eigenvalue weighted by atomic mass is 9.69. The lowest BCUT2D eigenvalue weighted by Crippen LogP contribution is -2.52. The van der Waals surface area contributed by atoms with Crippen LogP contribution in [0.3, 0.4) is 0 Å². The minimum absolute atomic E-state index is 0.179. The van der Waals surface area contributed by atoms with E-state index in [1.807, 2.05) is 6.92 Å².